The second-order valence-electron chi connectivity index (χ2n) is 6.05. The lowest BCUT2D eigenvalue weighted by Crippen LogP contribution is -2.57. The molecule has 0 aromatic rings. The van der Waals surface area contributed by atoms with Gasteiger partial charge in [-0.2, -0.15) is 0 Å². The van der Waals surface area contributed by atoms with Crippen LogP contribution in [0.3, 0.4) is 0 Å². The normalized spacial score (nSPS) is 22.6. The summed E-state index contributed by atoms with van der Waals surface area (Å²) in [6, 6.07) is 0.425. The number of nitrogens with zero attached hydrogens (tertiary/aromatic N) is 1. The van der Waals surface area contributed by atoms with Gasteiger partial charge in [0, 0.05) is 18.1 Å². The molecule has 1 fully saturated rings. The van der Waals surface area contributed by atoms with Crippen LogP contribution in [0.4, 0.5) is 0 Å². The number of hydrogen-bond acceptors (Lipinski definition) is 2. The quantitative estimate of drug-likeness (QED) is 0.801. The molecule has 1 aliphatic heterocycles. The molecule has 1 aliphatic rings. The zero-order valence-corrected chi connectivity index (χ0v) is 11.3. The minimum absolute atomic E-state index is 0.212. The van der Waals surface area contributed by atoms with E-state index >= 15 is 0 Å². The highest BCUT2D eigenvalue weighted by Crippen LogP contribution is 2.34. The van der Waals surface area contributed by atoms with E-state index in [0.29, 0.717) is 6.04 Å². The largest absolute Gasteiger partial charge is 0.339 e. The molecule has 0 saturated carbocycles. The summed E-state index contributed by atoms with van der Waals surface area (Å²) in [7, 11) is 0. The van der Waals surface area contributed by atoms with Crippen LogP contribution in [-0.4, -0.2) is 28.9 Å². The molecular weight excluding hydrogens is 200 g/mol. The van der Waals surface area contributed by atoms with Crippen molar-refractivity contribution >= 4 is 5.91 Å². The van der Waals surface area contributed by atoms with Gasteiger partial charge in [0.1, 0.15) is 0 Å². The van der Waals surface area contributed by atoms with Crippen molar-refractivity contribution in [2.75, 3.05) is 6.54 Å². The first-order valence-corrected chi connectivity index (χ1v) is 6.31. The SMILES string of the molecule is CCC1CCCN1C(=O)C(C)(C)C(C)(C)N. The first-order valence-electron chi connectivity index (χ1n) is 6.31. The molecule has 1 amide bonds. The monoisotopic (exact) mass is 226 g/mol. The van der Waals surface area contributed by atoms with Gasteiger partial charge in [-0.15, -0.1) is 0 Å². The van der Waals surface area contributed by atoms with Gasteiger partial charge in [0.2, 0.25) is 5.91 Å². The van der Waals surface area contributed by atoms with Crippen molar-refractivity contribution in [1.82, 2.24) is 4.90 Å². The molecule has 3 nitrogen and oxygen atoms in total. The molecule has 3 heteroatoms. The molecule has 16 heavy (non-hydrogen) atoms. The Kier molecular flexibility index (Phi) is 3.68. The molecule has 0 aromatic heterocycles. The number of amides is 1. The molecule has 0 aliphatic carbocycles. The smallest absolute Gasteiger partial charge is 0.230 e. The Morgan fingerprint density at radius 3 is 2.38 bits per heavy atom. The fourth-order valence-corrected chi connectivity index (χ4v) is 2.16. The lowest BCUT2D eigenvalue weighted by molar-refractivity contribution is -0.144. The van der Waals surface area contributed by atoms with E-state index in [9.17, 15) is 4.79 Å². The molecule has 0 bridgehead atoms. The molecular formula is C13H26N2O. The minimum atomic E-state index is -0.495. The van der Waals surface area contributed by atoms with Crippen molar-refractivity contribution in [2.24, 2.45) is 11.1 Å². The number of carbonyl (C=O) groups excluding carboxylic acids is 1. The van der Waals surface area contributed by atoms with Crippen LogP contribution in [0.5, 0.6) is 0 Å². The summed E-state index contributed by atoms with van der Waals surface area (Å²) in [5, 5.41) is 0. The maximum atomic E-state index is 12.5. The van der Waals surface area contributed by atoms with Gasteiger partial charge in [0.25, 0.3) is 0 Å². The van der Waals surface area contributed by atoms with Crippen molar-refractivity contribution in [3.05, 3.63) is 0 Å². The third kappa shape index (κ3) is 2.24. The highest BCUT2D eigenvalue weighted by atomic mass is 16.2. The Balaban J connectivity index is 2.85. The van der Waals surface area contributed by atoms with Crippen LogP contribution in [0.2, 0.25) is 0 Å². The Bertz CT molecular complexity index is 266. The summed E-state index contributed by atoms with van der Waals surface area (Å²) in [6.45, 7) is 10.8. The van der Waals surface area contributed by atoms with E-state index in [1.165, 1.54) is 0 Å². The third-order valence-corrected chi connectivity index (χ3v) is 4.25. The van der Waals surface area contributed by atoms with E-state index in [1.54, 1.807) is 0 Å². The lowest BCUT2D eigenvalue weighted by Gasteiger charge is -2.41. The van der Waals surface area contributed by atoms with Gasteiger partial charge in [-0.05, 0) is 47.0 Å². The zero-order chi connectivity index (χ0) is 12.6. The Morgan fingerprint density at radius 1 is 1.38 bits per heavy atom. The van der Waals surface area contributed by atoms with Crippen LogP contribution >= 0.6 is 0 Å². The number of hydrogen-bond donors (Lipinski definition) is 1. The predicted molar refractivity (Wildman–Crippen MR) is 67.1 cm³/mol. The lowest BCUT2D eigenvalue weighted by atomic mass is 9.74. The first kappa shape index (κ1) is 13.5. The summed E-state index contributed by atoms with van der Waals surface area (Å²) in [6.07, 6.45) is 3.32. The Hall–Kier alpha value is -0.570. The fraction of sp³-hybridized carbons (Fsp3) is 0.923. The van der Waals surface area contributed by atoms with Crippen LogP contribution in [-0.2, 0) is 4.79 Å². The maximum absolute atomic E-state index is 12.5. The van der Waals surface area contributed by atoms with E-state index in [2.05, 4.69) is 6.92 Å². The number of nitrogens with two attached hydrogens (primary N) is 1. The second-order valence-corrected chi connectivity index (χ2v) is 6.05. The van der Waals surface area contributed by atoms with Gasteiger partial charge >= 0.3 is 0 Å². The average molecular weight is 226 g/mol. The molecule has 1 heterocycles. The molecule has 1 saturated heterocycles. The van der Waals surface area contributed by atoms with Crippen molar-refractivity contribution in [3.8, 4) is 0 Å². The van der Waals surface area contributed by atoms with Gasteiger partial charge in [-0.25, -0.2) is 0 Å². The topological polar surface area (TPSA) is 46.3 Å². The number of likely N-dealkylation sites (tertiary alicyclic amines) is 1. The van der Waals surface area contributed by atoms with Crippen molar-refractivity contribution in [1.29, 1.82) is 0 Å². The summed E-state index contributed by atoms with van der Waals surface area (Å²) in [5.41, 5.74) is 5.14. The summed E-state index contributed by atoms with van der Waals surface area (Å²) < 4.78 is 0. The Morgan fingerprint density at radius 2 is 1.94 bits per heavy atom. The van der Waals surface area contributed by atoms with E-state index in [4.69, 9.17) is 5.73 Å². The highest BCUT2D eigenvalue weighted by molar-refractivity contribution is 5.84. The number of rotatable bonds is 3. The second kappa shape index (κ2) is 4.36. The molecule has 2 N–H and O–H groups in total. The molecule has 1 atom stereocenters. The number of carbonyl (C=O) groups is 1. The standard InChI is InChI=1S/C13H26N2O/c1-6-10-8-7-9-15(10)11(16)12(2,3)13(4,5)14/h10H,6-9,14H2,1-5H3. The van der Waals surface area contributed by atoms with Crippen molar-refractivity contribution < 1.29 is 4.79 Å². The fourth-order valence-electron chi connectivity index (χ4n) is 2.16. The zero-order valence-electron chi connectivity index (χ0n) is 11.3. The average Bonchev–Trinajstić information content (AvgIpc) is 2.62. The summed E-state index contributed by atoms with van der Waals surface area (Å²) in [4.78, 5) is 14.6. The molecule has 1 rings (SSSR count). The van der Waals surface area contributed by atoms with E-state index in [-0.39, 0.29) is 5.91 Å². The Labute approximate surface area is 99.4 Å². The van der Waals surface area contributed by atoms with E-state index in [1.807, 2.05) is 32.6 Å². The molecule has 0 radical (unpaired) electrons. The van der Waals surface area contributed by atoms with Crippen molar-refractivity contribution in [3.63, 3.8) is 0 Å². The molecule has 0 aromatic carbocycles. The van der Waals surface area contributed by atoms with Crippen LogP contribution < -0.4 is 5.73 Å². The molecule has 94 valence electrons. The van der Waals surface area contributed by atoms with Crippen LogP contribution in [0.1, 0.15) is 53.9 Å². The van der Waals surface area contributed by atoms with Gasteiger partial charge in [0.05, 0.1) is 5.41 Å². The highest BCUT2D eigenvalue weighted by Gasteiger charge is 2.44. The van der Waals surface area contributed by atoms with Gasteiger partial charge in [0.15, 0.2) is 0 Å². The third-order valence-electron chi connectivity index (χ3n) is 4.25. The van der Waals surface area contributed by atoms with E-state index in [0.717, 1.165) is 25.8 Å². The molecule has 0 spiro atoms. The van der Waals surface area contributed by atoms with Crippen LogP contribution in [0.25, 0.3) is 0 Å². The predicted octanol–water partition coefficient (Wildman–Crippen LogP) is 2.15. The van der Waals surface area contributed by atoms with Crippen LogP contribution in [0.15, 0.2) is 0 Å². The summed E-state index contributed by atoms with van der Waals surface area (Å²) >= 11 is 0. The van der Waals surface area contributed by atoms with E-state index < -0.39 is 11.0 Å². The molecule has 1 unspecified atom stereocenters. The van der Waals surface area contributed by atoms with Gasteiger partial charge < -0.3 is 10.6 Å². The van der Waals surface area contributed by atoms with Gasteiger partial charge in [-0.1, -0.05) is 6.92 Å². The van der Waals surface area contributed by atoms with Crippen LogP contribution in [0, 0.1) is 5.41 Å². The van der Waals surface area contributed by atoms with Gasteiger partial charge in [-0.3, -0.25) is 4.79 Å². The van der Waals surface area contributed by atoms with Crippen molar-refractivity contribution in [2.45, 2.75) is 65.5 Å². The summed E-state index contributed by atoms with van der Waals surface area (Å²) in [5.74, 6) is 0.212. The maximum Gasteiger partial charge on any atom is 0.230 e. The minimum Gasteiger partial charge on any atom is -0.339 e. The first-order chi connectivity index (χ1) is 7.21.